The Morgan fingerprint density at radius 3 is 2.79 bits per heavy atom. The first-order valence-electron chi connectivity index (χ1n) is 7.74. The SMILES string of the molecule is CC(C)C1C2CNCCC2CN1Cc1ccccc1. The molecule has 0 spiro atoms. The van der Waals surface area contributed by atoms with Crippen LogP contribution in [0.4, 0.5) is 0 Å². The Kier molecular flexibility index (Phi) is 3.90. The third-order valence-corrected chi connectivity index (χ3v) is 4.92. The van der Waals surface area contributed by atoms with Crippen LogP contribution >= 0.6 is 0 Å². The fourth-order valence-electron chi connectivity index (χ4n) is 4.16. The van der Waals surface area contributed by atoms with Crippen molar-refractivity contribution in [3.63, 3.8) is 0 Å². The van der Waals surface area contributed by atoms with E-state index >= 15 is 0 Å². The number of hydrogen-bond donors (Lipinski definition) is 1. The molecular formula is C17H26N2. The maximum absolute atomic E-state index is 3.60. The number of benzene rings is 1. The zero-order valence-electron chi connectivity index (χ0n) is 12.2. The minimum atomic E-state index is 0.748. The molecule has 0 aliphatic carbocycles. The maximum atomic E-state index is 3.60. The first-order chi connectivity index (χ1) is 9.25. The highest BCUT2D eigenvalue weighted by Crippen LogP contribution is 2.37. The lowest BCUT2D eigenvalue weighted by atomic mass is 9.81. The van der Waals surface area contributed by atoms with E-state index in [0.29, 0.717) is 0 Å². The molecule has 0 saturated carbocycles. The average Bonchev–Trinajstić information content (AvgIpc) is 2.77. The Morgan fingerprint density at radius 1 is 1.26 bits per heavy atom. The highest BCUT2D eigenvalue weighted by Gasteiger charge is 2.43. The third kappa shape index (κ3) is 2.70. The molecule has 0 bridgehead atoms. The quantitative estimate of drug-likeness (QED) is 0.897. The van der Waals surface area contributed by atoms with Gasteiger partial charge in [0.25, 0.3) is 0 Å². The molecule has 3 unspecified atom stereocenters. The highest BCUT2D eigenvalue weighted by molar-refractivity contribution is 5.15. The van der Waals surface area contributed by atoms with E-state index in [4.69, 9.17) is 0 Å². The number of hydrogen-bond acceptors (Lipinski definition) is 2. The summed E-state index contributed by atoms with van der Waals surface area (Å²) in [5.41, 5.74) is 1.46. The Balaban J connectivity index is 1.76. The van der Waals surface area contributed by atoms with Gasteiger partial charge in [-0.2, -0.15) is 0 Å². The molecule has 2 heteroatoms. The standard InChI is InChI=1S/C17H26N2/c1-13(2)17-16-10-18-9-8-15(16)12-19(17)11-14-6-4-3-5-7-14/h3-7,13,15-18H,8-12H2,1-2H3. The van der Waals surface area contributed by atoms with Crippen LogP contribution in [-0.4, -0.2) is 30.6 Å². The zero-order valence-corrected chi connectivity index (χ0v) is 12.2. The number of nitrogens with zero attached hydrogens (tertiary/aromatic N) is 1. The first-order valence-corrected chi connectivity index (χ1v) is 7.74. The topological polar surface area (TPSA) is 15.3 Å². The zero-order chi connectivity index (χ0) is 13.2. The number of rotatable bonds is 3. The molecule has 2 aliphatic rings. The predicted molar refractivity (Wildman–Crippen MR) is 79.9 cm³/mol. The van der Waals surface area contributed by atoms with Crippen LogP contribution in [0.2, 0.25) is 0 Å². The van der Waals surface area contributed by atoms with Crippen molar-refractivity contribution >= 4 is 0 Å². The molecule has 0 aromatic heterocycles. The van der Waals surface area contributed by atoms with Gasteiger partial charge in [-0.05, 0) is 42.8 Å². The van der Waals surface area contributed by atoms with Crippen molar-refractivity contribution in [3.05, 3.63) is 35.9 Å². The number of piperidine rings is 1. The molecule has 3 rings (SSSR count). The van der Waals surface area contributed by atoms with Gasteiger partial charge in [0.1, 0.15) is 0 Å². The summed E-state index contributed by atoms with van der Waals surface area (Å²) in [6.45, 7) is 9.63. The van der Waals surface area contributed by atoms with Crippen molar-refractivity contribution in [3.8, 4) is 0 Å². The minimum Gasteiger partial charge on any atom is -0.316 e. The van der Waals surface area contributed by atoms with Gasteiger partial charge in [-0.15, -0.1) is 0 Å². The summed E-state index contributed by atoms with van der Waals surface area (Å²) in [5.74, 6) is 2.52. The number of likely N-dealkylation sites (tertiary alicyclic amines) is 1. The number of nitrogens with one attached hydrogen (secondary N) is 1. The van der Waals surface area contributed by atoms with Gasteiger partial charge in [0.2, 0.25) is 0 Å². The van der Waals surface area contributed by atoms with Gasteiger partial charge in [0.15, 0.2) is 0 Å². The fraction of sp³-hybridized carbons (Fsp3) is 0.647. The van der Waals surface area contributed by atoms with E-state index in [0.717, 1.165) is 30.3 Å². The summed E-state index contributed by atoms with van der Waals surface area (Å²) in [7, 11) is 0. The highest BCUT2D eigenvalue weighted by atomic mass is 15.2. The summed E-state index contributed by atoms with van der Waals surface area (Å²) < 4.78 is 0. The molecule has 2 fully saturated rings. The van der Waals surface area contributed by atoms with Crippen molar-refractivity contribution in [2.75, 3.05) is 19.6 Å². The maximum Gasteiger partial charge on any atom is 0.0237 e. The molecular weight excluding hydrogens is 232 g/mol. The summed E-state index contributed by atoms with van der Waals surface area (Å²) in [6, 6.07) is 11.7. The lowest BCUT2D eigenvalue weighted by Crippen LogP contribution is -2.43. The largest absolute Gasteiger partial charge is 0.316 e. The van der Waals surface area contributed by atoms with E-state index in [1.165, 1.54) is 31.6 Å². The van der Waals surface area contributed by atoms with E-state index in [2.05, 4.69) is 54.4 Å². The molecule has 2 heterocycles. The normalized spacial score (nSPS) is 31.6. The fourth-order valence-corrected chi connectivity index (χ4v) is 4.16. The van der Waals surface area contributed by atoms with Gasteiger partial charge in [0.05, 0.1) is 0 Å². The van der Waals surface area contributed by atoms with Crippen LogP contribution in [0, 0.1) is 17.8 Å². The van der Waals surface area contributed by atoms with Crippen LogP contribution in [0.5, 0.6) is 0 Å². The molecule has 1 aromatic carbocycles. The molecule has 1 N–H and O–H groups in total. The van der Waals surface area contributed by atoms with E-state index in [9.17, 15) is 0 Å². The lowest BCUT2D eigenvalue weighted by Gasteiger charge is -2.34. The van der Waals surface area contributed by atoms with Crippen LogP contribution in [0.15, 0.2) is 30.3 Å². The van der Waals surface area contributed by atoms with E-state index in [1.54, 1.807) is 0 Å². The van der Waals surface area contributed by atoms with Gasteiger partial charge in [-0.25, -0.2) is 0 Å². The number of fused-ring (bicyclic) bond motifs is 1. The molecule has 2 nitrogen and oxygen atoms in total. The van der Waals surface area contributed by atoms with E-state index in [-0.39, 0.29) is 0 Å². The second-order valence-electron chi connectivity index (χ2n) is 6.57. The Hall–Kier alpha value is -0.860. The van der Waals surface area contributed by atoms with Gasteiger partial charge in [-0.1, -0.05) is 44.2 Å². The molecule has 0 amide bonds. The predicted octanol–water partition coefficient (Wildman–Crippen LogP) is 2.75. The average molecular weight is 258 g/mol. The Labute approximate surface area is 117 Å². The van der Waals surface area contributed by atoms with Crippen molar-refractivity contribution in [1.29, 1.82) is 0 Å². The van der Waals surface area contributed by atoms with E-state index in [1.807, 2.05) is 0 Å². The summed E-state index contributed by atoms with van der Waals surface area (Å²) >= 11 is 0. The summed E-state index contributed by atoms with van der Waals surface area (Å²) in [6.07, 6.45) is 1.36. The van der Waals surface area contributed by atoms with E-state index < -0.39 is 0 Å². The summed E-state index contributed by atoms with van der Waals surface area (Å²) in [4.78, 5) is 2.74. The smallest absolute Gasteiger partial charge is 0.0237 e. The Morgan fingerprint density at radius 2 is 2.05 bits per heavy atom. The van der Waals surface area contributed by atoms with Crippen LogP contribution in [0.3, 0.4) is 0 Å². The van der Waals surface area contributed by atoms with Crippen LogP contribution in [0.1, 0.15) is 25.8 Å². The molecule has 0 radical (unpaired) electrons. The van der Waals surface area contributed by atoms with Crippen LogP contribution < -0.4 is 5.32 Å². The summed E-state index contributed by atoms with van der Waals surface area (Å²) in [5, 5.41) is 3.60. The molecule has 1 aromatic rings. The molecule has 19 heavy (non-hydrogen) atoms. The van der Waals surface area contributed by atoms with Gasteiger partial charge in [-0.3, -0.25) is 4.90 Å². The first kappa shape index (κ1) is 13.1. The molecule has 3 atom stereocenters. The second kappa shape index (κ2) is 5.64. The van der Waals surface area contributed by atoms with Crippen molar-refractivity contribution in [2.45, 2.75) is 32.9 Å². The van der Waals surface area contributed by atoms with Crippen molar-refractivity contribution in [1.82, 2.24) is 10.2 Å². The Bertz CT molecular complexity index is 401. The van der Waals surface area contributed by atoms with Crippen LogP contribution in [-0.2, 0) is 6.54 Å². The van der Waals surface area contributed by atoms with Gasteiger partial charge >= 0.3 is 0 Å². The lowest BCUT2D eigenvalue weighted by molar-refractivity contribution is 0.162. The second-order valence-corrected chi connectivity index (χ2v) is 6.57. The van der Waals surface area contributed by atoms with Crippen LogP contribution in [0.25, 0.3) is 0 Å². The van der Waals surface area contributed by atoms with Gasteiger partial charge in [0, 0.05) is 19.1 Å². The van der Waals surface area contributed by atoms with Crippen molar-refractivity contribution < 1.29 is 0 Å². The minimum absolute atomic E-state index is 0.748. The molecule has 104 valence electrons. The van der Waals surface area contributed by atoms with Gasteiger partial charge < -0.3 is 5.32 Å². The monoisotopic (exact) mass is 258 g/mol. The third-order valence-electron chi connectivity index (χ3n) is 4.92. The van der Waals surface area contributed by atoms with Crippen molar-refractivity contribution in [2.24, 2.45) is 17.8 Å². The molecule has 2 aliphatic heterocycles. The molecule has 2 saturated heterocycles.